The molecule has 4 heteroatoms. The lowest BCUT2D eigenvalue weighted by atomic mass is 9.89. The van der Waals surface area contributed by atoms with Gasteiger partial charge in [0.15, 0.2) is 0 Å². The van der Waals surface area contributed by atoms with Gasteiger partial charge in [-0.2, -0.15) is 0 Å². The van der Waals surface area contributed by atoms with Gasteiger partial charge in [-0.25, -0.2) is 0 Å². The molecule has 0 spiro atoms. The summed E-state index contributed by atoms with van der Waals surface area (Å²) in [6.45, 7) is 4.52. The second-order valence-electron chi connectivity index (χ2n) is 5.76. The zero-order chi connectivity index (χ0) is 16.4. The van der Waals surface area contributed by atoms with Crippen LogP contribution in [0.3, 0.4) is 0 Å². The van der Waals surface area contributed by atoms with Crippen molar-refractivity contribution in [1.29, 1.82) is 0 Å². The number of para-hydroxylation sites is 2. The molecule has 1 atom stereocenters. The fourth-order valence-electron chi connectivity index (χ4n) is 3.13. The third-order valence-corrected chi connectivity index (χ3v) is 4.29. The molecule has 3 rings (SSSR count). The van der Waals surface area contributed by atoms with E-state index in [0.29, 0.717) is 6.54 Å². The second-order valence-corrected chi connectivity index (χ2v) is 5.76. The molecule has 0 saturated carbocycles. The Bertz CT molecular complexity index is 755. The van der Waals surface area contributed by atoms with Gasteiger partial charge in [-0.1, -0.05) is 36.4 Å². The van der Waals surface area contributed by atoms with Crippen LogP contribution in [0, 0.1) is 6.92 Å². The van der Waals surface area contributed by atoms with Crippen LogP contribution in [0.2, 0.25) is 0 Å². The molecule has 0 radical (unpaired) electrons. The zero-order valence-electron chi connectivity index (χ0n) is 13.4. The number of carbonyl (C=O) groups excluding carboxylic acids is 2. The normalized spacial score (nSPS) is 16.4. The molecule has 1 aliphatic rings. The Morgan fingerprint density at radius 3 is 2.61 bits per heavy atom. The van der Waals surface area contributed by atoms with Crippen LogP contribution < -0.4 is 10.2 Å². The predicted octanol–water partition coefficient (Wildman–Crippen LogP) is 3.47. The molecule has 0 aromatic heterocycles. The fourth-order valence-corrected chi connectivity index (χ4v) is 3.13. The first-order valence-electron chi connectivity index (χ1n) is 7.87. The fraction of sp³-hybridized carbons (Fsp3) is 0.263. The largest absolute Gasteiger partial charge is 0.326 e. The van der Waals surface area contributed by atoms with E-state index in [4.69, 9.17) is 0 Å². The molecular weight excluding hydrogens is 288 g/mol. The molecule has 1 N–H and O–H groups in total. The number of rotatable bonds is 3. The highest BCUT2D eigenvalue weighted by Crippen LogP contribution is 2.34. The molecule has 0 aliphatic carbocycles. The molecular formula is C19H20N2O2. The summed E-state index contributed by atoms with van der Waals surface area (Å²) in [6.07, 6.45) is 0.193. The van der Waals surface area contributed by atoms with Crippen LogP contribution in [0.5, 0.6) is 0 Å². The summed E-state index contributed by atoms with van der Waals surface area (Å²) in [6, 6.07) is 15.4. The minimum absolute atomic E-state index is 0.0240. The molecule has 23 heavy (non-hydrogen) atoms. The summed E-state index contributed by atoms with van der Waals surface area (Å²) in [4.78, 5) is 26.9. The maximum Gasteiger partial charge on any atom is 0.235 e. The Hall–Kier alpha value is -2.62. The molecule has 1 unspecified atom stereocenters. The number of likely N-dealkylation sites (N-methyl/N-ethyl adjacent to an activating group) is 1. The van der Waals surface area contributed by atoms with Gasteiger partial charge < -0.3 is 10.2 Å². The summed E-state index contributed by atoms with van der Waals surface area (Å²) in [7, 11) is 0. The average Bonchev–Trinajstić information content (AvgIpc) is 2.56. The maximum absolute atomic E-state index is 13.1. The predicted molar refractivity (Wildman–Crippen MR) is 91.6 cm³/mol. The Labute approximate surface area is 136 Å². The molecule has 2 amide bonds. The van der Waals surface area contributed by atoms with Crippen molar-refractivity contribution in [2.45, 2.75) is 26.2 Å². The van der Waals surface area contributed by atoms with Crippen molar-refractivity contribution in [3.05, 3.63) is 59.7 Å². The van der Waals surface area contributed by atoms with E-state index in [1.807, 2.05) is 62.4 Å². The molecule has 0 bridgehead atoms. The van der Waals surface area contributed by atoms with Gasteiger partial charge in [0.05, 0.1) is 5.92 Å². The zero-order valence-corrected chi connectivity index (χ0v) is 13.4. The van der Waals surface area contributed by atoms with Crippen molar-refractivity contribution in [2.75, 3.05) is 16.8 Å². The first-order chi connectivity index (χ1) is 11.1. The lowest BCUT2D eigenvalue weighted by Gasteiger charge is -2.31. The van der Waals surface area contributed by atoms with Gasteiger partial charge in [0, 0.05) is 24.3 Å². The van der Waals surface area contributed by atoms with Crippen molar-refractivity contribution >= 4 is 23.2 Å². The smallest absolute Gasteiger partial charge is 0.235 e. The van der Waals surface area contributed by atoms with Crippen LogP contribution >= 0.6 is 0 Å². The molecule has 4 nitrogen and oxygen atoms in total. The molecule has 2 aromatic carbocycles. The van der Waals surface area contributed by atoms with Crippen molar-refractivity contribution in [1.82, 2.24) is 0 Å². The lowest BCUT2D eigenvalue weighted by Crippen LogP contribution is -2.39. The van der Waals surface area contributed by atoms with E-state index >= 15 is 0 Å². The van der Waals surface area contributed by atoms with Gasteiger partial charge in [-0.15, -0.1) is 0 Å². The number of hydrogen-bond donors (Lipinski definition) is 1. The minimum Gasteiger partial charge on any atom is -0.326 e. The average molecular weight is 308 g/mol. The van der Waals surface area contributed by atoms with E-state index in [-0.39, 0.29) is 18.2 Å². The number of nitrogens with zero attached hydrogens (tertiary/aromatic N) is 1. The van der Waals surface area contributed by atoms with E-state index in [1.165, 1.54) is 0 Å². The molecule has 2 aromatic rings. The Balaban J connectivity index is 1.99. The van der Waals surface area contributed by atoms with E-state index < -0.39 is 5.92 Å². The van der Waals surface area contributed by atoms with Crippen molar-refractivity contribution < 1.29 is 9.59 Å². The van der Waals surface area contributed by atoms with E-state index in [0.717, 1.165) is 22.5 Å². The monoisotopic (exact) mass is 308 g/mol. The Kier molecular flexibility index (Phi) is 4.15. The highest BCUT2D eigenvalue weighted by Gasteiger charge is 2.33. The Morgan fingerprint density at radius 2 is 1.87 bits per heavy atom. The van der Waals surface area contributed by atoms with Gasteiger partial charge >= 0.3 is 0 Å². The van der Waals surface area contributed by atoms with Gasteiger partial charge in [0.25, 0.3) is 0 Å². The van der Waals surface area contributed by atoms with Crippen LogP contribution in [0.25, 0.3) is 0 Å². The van der Waals surface area contributed by atoms with Gasteiger partial charge in [0.2, 0.25) is 11.8 Å². The topological polar surface area (TPSA) is 49.4 Å². The van der Waals surface area contributed by atoms with Crippen LogP contribution in [0.4, 0.5) is 11.4 Å². The number of benzene rings is 2. The number of carbonyl (C=O) groups is 2. The van der Waals surface area contributed by atoms with Gasteiger partial charge in [-0.3, -0.25) is 9.59 Å². The third-order valence-electron chi connectivity index (χ3n) is 4.29. The SMILES string of the molecule is CCN(C(=O)C1CC(=O)Nc2ccccc21)c1ccccc1C. The summed E-state index contributed by atoms with van der Waals surface area (Å²) in [5.74, 6) is -0.563. The van der Waals surface area contributed by atoms with E-state index in [1.54, 1.807) is 4.90 Å². The van der Waals surface area contributed by atoms with Crippen molar-refractivity contribution in [2.24, 2.45) is 0 Å². The van der Waals surface area contributed by atoms with Crippen LogP contribution in [-0.4, -0.2) is 18.4 Å². The number of fused-ring (bicyclic) bond motifs is 1. The number of anilines is 2. The number of hydrogen-bond acceptors (Lipinski definition) is 2. The van der Waals surface area contributed by atoms with E-state index in [2.05, 4.69) is 5.32 Å². The van der Waals surface area contributed by atoms with Crippen LogP contribution in [0.15, 0.2) is 48.5 Å². The Morgan fingerprint density at radius 1 is 1.17 bits per heavy atom. The first-order valence-corrected chi connectivity index (χ1v) is 7.87. The quantitative estimate of drug-likeness (QED) is 0.944. The maximum atomic E-state index is 13.1. The lowest BCUT2D eigenvalue weighted by molar-refractivity contribution is -0.124. The molecule has 1 heterocycles. The van der Waals surface area contributed by atoms with Crippen molar-refractivity contribution in [3.8, 4) is 0 Å². The molecule has 0 saturated heterocycles. The highest BCUT2D eigenvalue weighted by atomic mass is 16.2. The number of aryl methyl sites for hydroxylation is 1. The standard InChI is InChI=1S/C19H20N2O2/c1-3-21(17-11-7-4-8-13(17)2)19(23)15-12-18(22)20-16-10-6-5-9-14(15)16/h4-11,15H,3,12H2,1-2H3,(H,20,22). The van der Waals surface area contributed by atoms with Gasteiger partial charge in [-0.05, 0) is 37.1 Å². The summed E-state index contributed by atoms with van der Waals surface area (Å²) >= 11 is 0. The summed E-state index contributed by atoms with van der Waals surface area (Å²) in [5, 5.41) is 2.84. The van der Waals surface area contributed by atoms with E-state index in [9.17, 15) is 9.59 Å². The molecule has 1 aliphatic heterocycles. The third kappa shape index (κ3) is 2.84. The summed E-state index contributed by atoms with van der Waals surface area (Å²) < 4.78 is 0. The minimum atomic E-state index is -0.431. The number of amides is 2. The first kappa shape index (κ1) is 15.3. The number of nitrogens with one attached hydrogen (secondary N) is 1. The van der Waals surface area contributed by atoms with Crippen molar-refractivity contribution in [3.63, 3.8) is 0 Å². The second kappa shape index (κ2) is 6.24. The van der Waals surface area contributed by atoms with Crippen LogP contribution in [-0.2, 0) is 9.59 Å². The summed E-state index contributed by atoms with van der Waals surface area (Å²) in [5.41, 5.74) is 3.59. The van der Waals surface area contributed by atoms with Gasteiger partial charge in [0.1, 0.15) is 0 Å². The highest BCUT2D eigenvalue weighted by molar-refractivity contribution is 6.06. The molecule has 118 valence electrons. The molecule has 0 fully saturated rings. The van der Waals surface area contributed by atoms with Crippen LogP contribution in [0.1, 0.15) is 30.4 Å².